The van der Waals surface area contributed by atoms with Crippen LogP contribution >= 0.6 is 15.9 Å². The van der Waals surface area contributed by atoms with Crippen LogP contribution in [0.15, 0.2) is 28.7 Å². The first-order valence-electron chi connectivity index (χ1n) is 6.59. The molecule has 4 nitrogen and oxygen atoms in total. The van der Waals surface area contributed by atoms with Crippen molar-refractivity contribution in [2.45, 2.75) is 18.1 Å². The lowest BCUT2D eigenvalue weighted by Gasteiger charge is -2.15. The number of benzene rings is 1. The van der Waals surface area contributed by atoms with Gasteiger partial charge in [-0.3, -0.25) is 0 Å². The Balaban J connectivity index is 2.36. The first-order chi connectivity index (χ1) is 9.36. The van der Waals surface area contributed by atoms with Gasteiger partial charge in [0.1, 0.15) is 0 Å². The van der Waals surface area contributed by atoms with Gasteiger partial charge in [-0.2, -0.15) is 0 Å². The maximum Gasteiger partial charge on any atom is 0.151 e. The molecule has 112 valence electrons. The predicted octanol–water partition coefficient (Wildman–Crippen LogP) is 1.94. The fourth-order valence-electron chi connectivity index (χ4n) is 3.07. The summed E-state index contributed by atoms with van der Waals surface area (Å²) in [5.74, 6) is -0.0813. The topological polar surface area (TPSA) is 69.4 Å². The van der Waals surface area contributed by atoms with Crippen LogP contribution in [0, 0.1) is 5.41 Å². The highest BCUT2D eigenvalue weighted by Gasteiger charge is 2.69. The molecule has 0 spiro atoms. The average molecular weight is 362 g/mol. The highest BCUT2D eigenvalue weighted by Crippen LogP contribution is 2.62. The molecule has 1 aliphatic carbocycles. The van der Waals surface area contributed by atoms with Gasteiger partial charge in [0.25, 0.3) is 0 Å². The summed E-state index contributed by atoms with van der Waals surface area (Å²) in [6.07, 6.45) is 1.28. The molecule has 0 radical (unpaired) electrons. The molecular weight excluding hydrogens is 342 g/mol. The molecule has 1 aromatic carbocycles. The van der Waals surface area contributed by atoms with Crippen molar-refractivity contribution in [2.75, 3.05) is 26.0 Å². The Morgan fingerprint density at radius 1 is 1.35 bits per heavy atom. The zero-order chi connectivity index (χ0) is 15.0. The standard InChI is InChI=1S/C14H20BrNO3S/c1-3-19-9-14(8-16)12(13(14)20(2,17)18)10-4-6-11(15)7-5-10/h4-7,12-13H,3,8-9,16H2,1-2H3/t12-,13-,14-/m1/s1. The molecule has 1 saturated carbocycles. The molecule has 0 aliphatic heterocycles. The maximum absolute atomic E-state index is 12.1. The number of hydrogen-bond acceptors (Lipinski definition) is 4. The van der Waals surface area contributed by atoms with Crippen molar-refractivity contribution in [3.63, 3.8) is 0 Å². The van der Waals surface area contributed by atoms with E-state index in [-0.39, 0.29) is 5.92 Å². The summed E-state index contributed by atoms with van der Waals surface area (Å²) in [5, 5.41) is -0.451. The van der Waals surface area contributed by atoms with Crippen LogP contribution in [0.3, 0.4) is 0 Å². The van der Waals surface area contributed by atoms with E-state index in [0.29, 0.717) is 19.8 Å². The third kappa shape index (κ3) is 2.79. The zero-order valence-corrected chi connectivity index (χ0v) is 14.1. The summed E-state index contributed by atoms with van der Waals surface area (Å²) in [7, 11) is -3.16. The van der Waals surface area contributed by atoms with E-state index in [1.165, 1.54) is 6.26 Å². The Bertz CT molecular complexity index is 573. The summed E-state index contributed by atoms with van der Waals surface area (Å²) in [6.45, 7) is 3.16. The molecule has 0 unspecified atom stereocenters. The highest BCUT2D eigenvalue weighted by atomic mass is 79.9. The predicted molar refractivity (Wildman–Crippen MR) is 83.5 cm³/mol. The zero-order valence-electron chi connectivity index (χ0n) is 11.7. The van der Waals surface area contributed by atoms with Crippen molar-refractivity contribution in [3.05, 3.63) is 34.3 Å². The highest BCUT2D eigenvalue weighted by molar-refractivity contribution is 9.10. The SMILES string of the molecule is CCOC[C@]1(CN)[C@H](c2ccc(Br)cc2)[C@H]1S(C)(=O)=O. The summed E-state index contributed by atoms with van der Waals surface area (Å²) < 4.78 is 30.6. The smallest absolute Gasteiger partial charge is 0.151 e. The van der Waals surface area contributed by atoms with E-state index in [0.717, 1.165) is 10.0 Å². The molecule has 0 amide bonds. The molecule has 2 rings (SSSR count). The number of rotatable bonds is 6. The number of sulfone groups is 1. The number of hydrogen-bond donors (Lipinski definition) is 1. The number of ether oxygens (including phenoxy) is 1. The van der Waals surface area contributed by atoms with E-state index in [4.69, 9.17) is 10.5 Å². The van der Waals surface area contributed by atoms with Gasteiger partial charge in [0.15, 0.2) is 9.84 Å². The first-order valence-corrected chi connectivity index (χ1v) is 9.33. The number of halogens is 1. The second-order valence-electron chi connectivity index (χ2n) is 5.35. The molecule has 0 bridgehead atoms. The third-order valence-electron chi connectivity index (χ3n) is 4.02. The Labute approximate surface area is 128 Å². The van der Waals surface area contributed by atoms with Gasteiger partial charge in [-0.1, -0.05) is 28.1 Å². The lowest BCUT2D eigenvalue weighted by atomic mass is 10.00. The lowest BCUT2D eigenvalue weighted by molar-refractivity contribution is 0.101. The quantitative estimate of drug-likeness (QED) is 0.840. The Morgan fingerprint density at radius 2 is 1.95 bits per heavy atom. The van der Waals surface area contributed by atoms with Crippen molar-refractivity contribution in [3.8, 4) is 0 Å². The largest absolute Gasteiger partial charge is 0.381 e. The van der Waals surface area contributed by atoms with E-state index >= 15 is 0 Å². The van der Waals surface area contributed by atoms with Crippen LogP contribution in [0.5, 0.6) is 0 Å². The van der Waals surface area contributed by atoms with Gasteiger partial charge in [0.05, 0.1) is 11.9 Å². The minimum atomic E-state index is -3.16. The Hall–Kier alpha value is -0.430. The average Bonchev–Trinajstić information content (AvgIpc) is 3.07. The van der Waals surface area contributed by atoms with Crippen molar-refractivity contribution in [2.24, 2.45) is 11.1 Å². The van der Waals surface area contributed by atoms with Crippen LogP contribution < -0.4 is 5.73 Å². The molecule has 1 fully saturated rings. The molecule has 3 atom stereocenters. The lowest BCUT2D eigenvalue weighted by Crippen LogP contribution is -2.28. The van der Waals surface area contributed by atoms with Crippen molar-refractivity contribution in [1.29, 1.82) is 0 Å². The summed E-state index contributed by atoms with van der Waals surface area (Å²) in [6, 6.07) is 7.76. The van der Waals surface area contributed by atoms with Crippen LogP contribution in [0.4, 0.5) is 0 Å². The molecule has 2 N–H and O–H groups in total. The van der Waals surface area contributed by atoms with Crippen LogP contribution in [0.2, 0.25) is 0 Å². The van der Waals surface area contributed by atoms with Crippen LogP contribution in [-0.2, 0) is 14.6 Å². The van der Waals surface area contributed by atoms with Crippen LogP contribution in [-0.4, -0.2) is 39.7 Å². The molecule has 6 heteroatoms. The minimum Gasteiger partial charge on any atom is -0.381 e. The van der Waals surface area contributed by atoms with Gasteiger partial charge in [0.2, 0.25) is 0 Å². The second-order valence-corrected chi connectivity index (χ2v) is 8.44. The van der Waals surface area contributed by atoms with Gasteiger partial charge in [-0.05, 0) is 24.6 Å². The van der Waals surface area contributed by atoms with Gasteiger partial charge in [0, 0.05) is 35.2 Å². The molecule has 1 aromatic rings. The van der Waals surface area contributed by atoms with E-state index in [9.17, 15) is 8.42 Å². The van der Waals surface area contributed by atoms with Crippen molar-refractivity contribution in [1.82, 2.24) is 0 Å². The normalized spacial score (nSPS) is 29.4. The van der Waals surface area contributed by atoms with Crippen molar-refractivity contribution >= 4 is 25.8 Å². The van der Waals surface area contributed by atoms with Gasteiger partial charge < -0.3 is 10.5 Å². The fourth-order valence-corrected chi connectivity index (χ4v) is 5.34. The second kappa shape index (κ2) is 5.75. The maximum atomic E-state index is 12.1. The van der Waals surface area contributed by atoms with E-state index < -0.39 is 20.5 Å². The Kier molecular flexibility index (Phi) is 4.59. The Morgan fingerprint density at radius 3 is 2.40 bits per heavy atom. The molecular formula is C14H20BrNO3S. The van der Waals surface area contributed by atoms with E-state index in [1.54, 1.807) is 0 Å². The van der Waals surface area contributed by atoms with Crippen LogP contribution in [0.25, 0.3) is 0 Å². The monoisotopic (exact) mass is 361 g/mol. The van der Waals surface area contributed by atoms with Crippen molar-refractivity contribution < 1.29 is 13.2 Å². The van der Waals surface area contributed by atoms with Gasteiger partial charge in [-0.15, -0.1) is 0 Å². The molecule has 0 saturated heterocycles. The van der Waals surface area contributed by atoms with Crippen LogP contribution in [0.1, 0.15) is 18.4 Å². The van der Waals surface area contributed by atoms with E-state index in [1.807, 2.05) is 31.2 Å². The summed E-state index contributed by atoms with van der Waals surface area (Å²) in [5.41, 5.74) is 6.42. The summed E-state index contributed by atoms with van der Waals surface area (Å²) >= 11 is 3.39. The fraction of sp³-hybridized carbons (Fsp3) is 0.571. The van der Waals surface area contributed by atoms with Gasteiger partial charge >= 0.3 is 0 Å². The van der Waals surface area contributed by atoms with E-state index in [2.05, 4.69) is 15.9 Å². The minimum absolute atomic E-state index is 0.0813. The molecule has 20 heavy (non-hydrogen) atoms. The number of nitrogens with two attached hydrogens (primary N) is 1. The summed E-state index contributed by atoms with van der Waals surface area (Å²) in [4.78, 5) is 0. The third-order valence-corrected chi connectivity index (χ3v) is 6.22. The molecule has 0 aromatic heterocycles. The van der Waals surface area contributed by atoms with Gasteiger partial charge in [-0.25, -0.2) is 8.42 Å². The molecule has 0 heterocycles. The first kappa shape index (κ1) is 15.9. The molecule has 1 aliphatic rings.